The molecule has 1 saturated carbocycles. The van der Waals surface area contributed by atoms with Gasteiger partial charge >= 0.3 is 0 Å². The third kappa shape index (κ3) is 4.85. The van der Waals surface area contributed by atoms with E-state index < -0.39 is 30.1 Å². The number of likely N-dealkylation sites (tertiary alicyclic amines) is 1. The fourth-order valence-electron chi connectivity index (χ4n) is 5.70. The zero-order valence-corrected chi connectivity index (χ0v) is 22.5. The number of hydrogen-bond acceptors (Lipinski definition) is 4. The van der Waals surface area contributed by atoms with E-state index in [2.05, 4.69) is 15.4 Å². The first kappa shape index (κ1) is 26.1. The van der Waals surface area contributed by atoms with Crippen LogP contribution in [0.5, 0.6) is 0 Å². The molecule has 0 radical (unpaired) electrons. The second-order valence-corrected chi connectivity index (χ2v) is 11.1. The molecule has 40 heavy (non-hydrogen) atoms. The number of hydrogen-bond donors (Lipinski definition) is 1. The molecule has 3 heterocycles. The Morgan fingerprint density at radius 2 is 1.80 bits per heavy atom. The Labute approximate surface area is 231 Å². The molecule has 3 unspecified atom stereocenters. The topological polar surface area (TPSA) is 80.1 Å². The molecule has 7 nitrogen and oxygen atoms in total. The Balaban J connectivity index is 1.25. The van der Waals surface area contributed by atoms with Crippen LogP contribution in [0.2, 0.25) is 0 Å². The normalized spacial score (nSPS) is 20.4. The van der Waals surface area contributed by atoms with Gasteiger partial charge in [0.05, 0.1) is 35.9 Å². The fourth-order valence-corrected chi connectivity index (χ4v) is 5.70. The van der Waals surface area contributed by atoms with Crippen LogP contribution in [0.15, 0.2) is 66.7 Å². The summed E-state index contributed by atoms with van der Waals surface area (Å²) in [6.45, 7) is 1.84. The third-order valence-corrected chi connectivity index (χ3v) is 8.26. The number of benzene rings is 2. The third-order valence-electron chi connectivity index (χ3n) is 8.26. The summed E-state index contributed by atoms with van der Waals surface area (Å²) in [5, 5.41) is 8.28. The largest absolute Gasteiger partial charge is 0.342 e. The molecule has 0 bridgehead atoms. The molecular formula is C31H31F2N5O2. The summed E-state index contributed by atoms with van der Waals surface area (Å²) in [6, 6.07) is 18.4. The van der Waals surface area contributed by atoms with E-state index in [-0.39, 0.29) is 30.7 Å². The van der Waals surface area contributed by atoms with Crippen LogP contribution in [-0.4, -0.2) is 50.2 Å². The molecule has 2 aromatic carbocycles. The minimum atomic E-state index is -1.33. The summed E-state index contributed by atoms with van der Waals surface area (Å²) < 4.78 is 31.5. The first-order chi connectivity index (χ1) is 19.2. The van der Waals surface area contributed by atoms with Crippen LogP contribution in [0.3, 0.4) is 0 Å². The number of carbonyl (C=O) groups is 2. The quantitative estimate of drug-likeness (QED) is 0.347. The lowest BCUT2D eigenvalue weighted by atomic mass is 9.97. The summed E-state index contributed by atoms with van der Waals surface area (Å²) in [5.74, 6) is -1.42. The van der Waals surface area contributed by atoms with Gasteiger partial charge < -0.3 is 10.2 Å². The number of aryl methyl sites for hydroxylation is 1. The number of aromatic nitrogens is 3. The Hall–Kier alpha value is -4.14. The zero-order chi connectivity index (χ0) is 28.0. The van der Waals surface area contributed by atoms with E-state index in [1.54, 1.807) is 23.9 Å². The van der Waals surface area contributed by atoms with Crippen molar-refractivity contribution in [1.29, 1.82) is 0 Å². The molecule has 0 spiro atoms. The number of pyridine rings is 1. The molecule has 2 aromatic heterocycles. The van der Waals surface area contributed by atoms with Crippen LogP contribution < -0.4 is 5.32 Å². The summed E-state index contributed by atoms with van der Waals surface area (Å²) in [5.41, 5.74) is 2.90. The lowest BCUT2D eigenvalue weighted by Gasteiger charge is -2.26. The lowest BCUT2D eigenvalue weighted by molar-refractivity contribution is -0.138. The molecule has 206 valence electrons. The van der Waals surface area contributed by atoms with Crippen LogP contribution in [0.1, 0.15) is 54.7 Å². The van der Waals surface area contributed by atoms with Crippen molar-refractivity contribution in [3.8, 4) is 0 Å². The van der Waals surface area contributed by atoms with Crippen molar-refractivity contribution < 1.29 is 18.4 Å². The monoisotopic (exact) mass is 543 g/mol. The van der Waals surface area contributed by atoms with Crippen molar-refractivity contribution in [2.45, 2.75) is 56.3 Å². The Bertz CT molecular complexity index is 1580. The molecule has 3 atom stereocenters. The number of halogens is 2. The Kier molecular flexibility index (Phi) is 6.60. The number of nitrogens with one attached hydrogen (secondary N) is 1. The van der Waals surface area contributed by atoms with Crippen LogP contribution in [0, 0.1) is 5.95 Å². The highest BCUT2D eigenvalue weighted by Gasteiger charge is 2.43. The van der Waals surface area contributed by atoms with Crippen LogP contribution in [0.25, 0.3) is 10.9 Å². The summed E-state index contributed by atoms with van der Waals surface area (Å²) in [7, 11) is 1.80. The van der Waals surface area contributed by atoms with Gasteiger partial charge in [0, 0.05) is 24.4 Å². The van der Waals surface area contributed by atoms with Crippen molar-refractivity contribution in [1.82, 2.24) is 25.0 Å². The van der Waals surface area contributed by atoms with E-state index in [1.165, 1.54) is 4.90 Å². The van der Waals surface area contributed by atoms with Crippen molar-refractivity contribution in [3.63, 3.8) is 0 Å². The molecule has 2 amide bonds. The second kappa shape index (κ2) is 10.1. The first-order valence-electron chi connectivity index (χ1n) is 13.6. The fraction of sp³-hybridized carbons (Fsp3) is 0.355. The highest BCUT2D eigenvalue weighted by atomic mass is 19.1. The molecule has 1 saturated heterocycles. The standard InChI is InChI=1S/C31H31F2N5O2/c1-31(14-15-31)22-12-13-23(34-29(22)33)28(19-8-4-3-5-9-19)35-30(40)26-16-20(32)18-38(26)27(39)17-24-21-10-6-7-11-25(21)37(2)36-24/h3-13,20,26,28H,14-18H2,1-2H3,(H,35,40). The van der Waals surface area contributed by atoms with E-state index in [1.807, 2.05) is 61.5 Å². The van der Waals surface area contributed by atoms with Gasteiger partial charge in [-0.3, -0.25) is 14.3 Å². The summed E-state index contributed by atoms with van der Waals surface area (Å²) in [6.07, 6.45) is 0.334. The van der Waals surface area contributed by atoms with Gasteiger partial charge in [0.1, 0.15) is 12.2 Å². The van der Waals surface area contributed by atoms with Crippen molar-refractivity contribution in [2.24, 2.45) is 7.05 Å². The van der Waals surface area contributed by atoms with Gasteiger partial charge in [-0.2, -0.15) is 9.49 Å². The van der Waals surface area contributed by atoms with E-state index in [0.29, 0.717) is 22.5 Å². The van der Waals surface area contributed by atoms with Crippen molar-refractivity contribution >= 4 is 22.7 Å². The molecule has 6 rings (SSSR count). The smallest absolute Gasteiger partial charge is 0.243 e. The number of rotatable bonds is 7. The Morgan fingerprint density at radius 1 is 1.07 bits per heavy atom. The van der Waals surface area contributed by atoms with E-state index in [0.717, 1.165) is 23.7 Å². The SMILES string of the molecule is Cn1nc(CC(=O)N2CC(F)CC2C(=O)NC(c2ccccc2)c2ccc(C3(C)CC3)c(F)n2)c2ccccc21. The van der Waals surface area contributed by atoms with Crippen LogP contribution in [-0.2, 0) is 28.5 Å². The van der Waals surface area contributed by atoms with E-state index in [4.69, 9.17) is 0 Å². The number of alkyl halides is 1. The van der Waals surface area contributed by atoms with Gasteiger partial charge in [-0.05, 0) is 36.0 Å². The zero-order valence-electron chi connectivity index (χ0n) is 22.5. The lowest BCUT2D eigenvalue weighted by Crippen LogP contribution is -2.47. The molecule has 2 aliphatic rings. The minimum absolute atomic E-state index is 0.0486. The minimum Gasteiger partial charge on any atom is -0.342 e. The average Bonchev–Trinajstić information content (AvgIpc) is 3.45. The predicted molar refractivity (Wildman–Crippen MR) is 147 cm³/mol. The maximum absolute atomic E-state index is 15.1. The van der Waals surface area contributed by atoms with Crippen LogP contribution in [0.4, 0.5) is 8.78 Å². The maximum atomic E-state index is 15.1. The first-order valence-corrected chi connectivity index (χ1v) is 13.6. The number of nitrogens with zero attached hydrogens (tertiary/aromatic N) is 4. The molecule has 1 aliphatic heterocycles. The number of carbonyl (C=O) groups excluding carboxylic acids is 2. The van der Waals surface area contributed by atoms with Crippen molar-refractivity contribution in [2.75, 3.05) is 6.54 Å². The Morgan fingerprint density at radius 3 is 2.52 bits per heavy atom. The average molecular weight is 544 g/mol. The van der Waals surface area contributed by atoms with E-state index >= 15 is 4.39 Å². The predicted octanol–water partition coefficient (Wildman–Crippen LogP) is 4.55. The van der Waals surface area contributed by atoms with Gasteiger partial charge in [-0.15, -0.1) is 0 Å². The highest BCUT2D eigenvalue weighted by Crippen LogP contribution is 2.48. The highest BCUT2D eigenvalue weighted by molar-refractivity contribution is 5.92. The van der Waals surface area contributed by atoms with Gasteiger partial charge in [0.15, 0.2) is 0 Å². The summed E-state index contributed by atoms with van der Waals surface area (Å²) in [4.78, 5) is 32.6. The summed E-state index contributed by atoms with van der Waals surface area (Å²) >= 11 is 0. The molecule has 9 heteroatoms. The van der Waals surface area contributed by atoms with Gasteiger partial charge in [0.2, 0.25) is 17.8 Å². The van der Waals surface area contributed by atoms with Gasteiger partial charge in [0.25, 0.3) is 0 Å². The molecule has 4 aromatic rings. The van der Waals surface area contributed by atoms with E-state index in [9.17, 15) is 14.0 Å². The van der Waals surface area contributed by atoms with Gasteiger partial charge in [-0.25, -0.2) is 9.37 Å². The molecular weight excluding hydrogens is 512 g/mol. The van der Waals surface area contributed by atoms with Crippen molar-refractivity contribution in [3.05, 3.63) is 95.2 Å². The van der Waals surface area contributed by atoms with Crippen LogP contribution >= 0.6 is 0 Å². The molecule has 1 aliphatic carbocycles. The second-order valence-electron chi connectivity index (χ2n) is 11.1. The molecule has 2 fully saturated rings. The molecule has 1 N–H and O–H groups in total. The number of amides is 2. The number of fused-ring (bicyclic) bond motifs is 1. The van der Waals surface area contributed by atoms with Gasteiger partial charge in [-0.1, -0.05) is 61.5 Å². The number of para-hydroxylation sites is 1. The maximum Gasteiger partial charge on any atom is 0.243 e.